The van der Waals surface area contributed by atoms with Gasteiger partial charge in [0.2, 0.25) is 0 Å². The van der Waals surface area contributed by atoms with E-state index in [-0.39, 0.29) is 18.4 Å². The molecular weight excluding hydrogens is 297 g/mol. The molecule has 1 unspecified atom stereocenters. The van der Waals surface area contributed by atoms with Crippen LogP contribution >= 0.6 is 0 Å². The van der Waals surface area contributed by atoms with Gasteiger partial charge in [0.1, 0.15) is 6.61 Å². The van der Waals surface area contributed by atoms with Crippen LogP contribution in [0.25, 0.3) is 0 Å². The van der Waals surface area contributed by atoms with E-state index in [1.807, 2.05) is 31.2 Å². The first-order valence-electron chi connectivity index (χ1n) is 7.51. The fraction of sp³-hybridized carbons (Fsp3) is 0.333. The minimum Gasteiger partial charge on any atom is -0.488 e. The van der Waals surface area contributed by atoms with Gasteiger partial charge in [-0.15, -0.1) is 0 Å². The standard InChI is InChI=1S/C18H22FNO3/c1-13(15-5-3-4-14(10-15)12-21)20-16-6-7-18(17(19)11-16)23-9-8-22-2/h3-7,10-11,13,20-21H,8-9,12H2,1-2H3. The molecular formula is C18H22FNO3. The molecule has 0 fully saturated rings. The molecule has 0 saturated carbocycles. The molecule has 5 heteroatoms. The van der Waals surface area contributed by atoms with E-state index in [0.29, 0.717) is 18.9 Å². The molecule has 4 nitrogen and oxygen atoms in total. The maximum Gasteiger partial charge on any atom is 0.167 e. The predicted octanol–water partition coefficient (Wildman–Crippen LogP) is 3.52. The zero-order valence-corrected chi connectivity index (χ0v) is 13.4. The first-order chi connectivity index (χ1) is 11.1. The Morgan fingerprint density at radius 2 is 2.00 bits per heavy atom. The van der Waals surface area contributed by atoms with Crippen molar-refractivity contribution in [2.45, 2.75) is 19.6 Å². The normalized spacial score (nSPS) is 12.0. The number of ether oxygens (including phenoxy) is 2. The maximum atomic E-state index is 14.0. The molecule has 0 spiro atoms. The SMILES string of the molecule is COCCOc1ccc(NC(C)c2cccc(CO)c2)cc1F. The van der Waals surface area contributed by atoms with E-state index in [9.17, 15) is 9.50 Å². The number of anilines is 1. The Morgan fingerprint density at radius 1 is 1.17 bits per heavy atom. The van der Waals surface area contributed by atoms with Gasteiger partial charge in [-0.25, -0.2) is 4.39 Å². The average molecular weight is 319 g/mol. The highest BCUT2D eigenvalue weighted by Gasteiger charge is 2.09. The van der Waals surface area contributed by atoms with E-state index in [4.69, 9.17) is 9.47 Å². The van der Waals surface area contributed by atoms with Crippen molar-refractivity contribution in [2.75, 3.05) is 25.6 Å². The van der Waals surface area contributed by atoms with Crippen LogP contribution in [0, 0.1) is 5.82 Å². The Labute approximate surface area is 135 Å². The van der Waals surface area contributed by atoms with Crippen LogP contribution in [0.2, 0.25) is 0 Å². The third-order valence-electron chi connectivity index (χ3n) is 3.49. The van der Waals surface area contributed by atoms with Crippen molar-refractivity contribution >= 4 is 5.69 Å². The van der Waals surface area contributed by atoms with Crippen molar-refractivity contribution in [3.8, 4) is 5.75 Å². The van der Waals surface area contributed by atoms with Crippen LogP contribution in [0.5, 0.6) is 5.75 Å². The van der Waals surface area contributed by atoms with Gasteiger partial charge in [-0.3, -0.25) is 0 Å². The van der Waals surface area contributed by atoms with Crippen molar-refractivity contribution in [1.29, 1.82) is 0 Å². The molecule has 124 valence electrons. The summed E-state index contributed by atoms with van der Waals surface area (Å²) in [5, 5.41) is 12.4. The van der Waals surface area contributed by atoms with Gasteiger partial charge in [-0.05, 0) is 30.2 Å². The molecule has 2 N–H and O–H groups in total. The minimum atomic E-state index is -0.414. The first-order valence-corrected chi connectivity index (χ1v) is 7.51. The minimum absolute atomic E-state index is 0.00268. The molecule has 0 amide bonds. The zero-order chi connectivity index (χ0) is 16.7. The number of aliphatic hydroxyl groups excluding tert-OH is 1. The molecule has 0 aliphatic carbocycles. The van der Waals surface area contributed by atoms with Gasteiger partial charge in [-0.2, -0.15) is 0 Å². The summed E-state index contributed by atoms with van der Waals surface area (Å²) in [6, 6.07) is 12.4. The Bertz CT molecular complexity index is 633. The molecule has 0 aromatic heterocycles. The van der Waals surface area contributed by atoms with E-state index in [0.717, 1.165) is 11.1 Å². The lowest BCUT2D eigenvalue weighted by Gasteiger charge is -2.17. The van der Waals surface area contributed by atoms with Gasteiger partial charge in [0.05, 0.1) is 13.2 Å². The predicted molar refractivity (Wildman–Crippen MR) is 88.2 cm³/mol. The maximum absolute atomic E-state index is 14.0. The summed E-state index contributed by atoms with van der Waals surface area (Å²) in [6.45, 7) is 2.71. The van der Waals surface area contributed by atoms with E-state index < -0.39 is 5.82 Å². The molecule has 0 bridgehead atoms. The fourth-order valence-electron chi connectivity index (χ4n) is 2.24. The Hall–Kier alpha value is -2.11. The summed E-state index contributed by atoms with van der Waals surface area (Å²) in [6.07, 6.45) is 0. The highest BCUT2D eigenvalue weighted by atomic mass is 19.1. The number of halogens is 1. The molecule has 1 atom stereocenters. The summed E-state index contributed by atoms with van der Waals surface area (Å²) in [5.41, 5.74) is 2.55. The molecule has 0 saturated heterocycles. The number of benzene rings is 2. The summed E-state index contributed by atoms with van der Waals surface area (Å²) in [4.78, 5) is 0. The second-order valence-corrected chi connectivity index (χ2v) is 5.26. The van der Waals surface area contributed by atoms with Crippen LogP contribution in [-0.4, -0.2) is 25.4 Å². The topological polar surface area (TPSA) is 50.7 Å². The largest absolute Gasteiger partial charge is 0.488 e. The second kappa shape index (κ2) is 8.50. The smallest absolute Gasteiger partial charge is 0.167 e. The first kappa shape index (κ1) is 17.2. The number of nitrogens with one attached hydrogen (secondary N) is 1. The van der Waals surface area contributed by atoms with Crippen LogP contribution < -0.4 is 10.1 Å². The number of hydrogen-bond donors (Lipinski definition) is 2. The van der Waals surface area contributed by atoms with Crippen LogP contribution in [0.3, 0.4) is 0 Å². The summed E-state index contributed by atoms with van der Waals surface area (Å²) < 4.78 is 24.2. The average Bonchev–Trinajstić information content (AvgIpc) is 2.57. The highest BCUT2D eigenvalue weighted by Crippen LogP contribution is 2.25. The lowest BCUT2D eigenvalue weighted by atomic mass is 10.1. The number of methoxy groups -OCH3 is 1. The monoisotopic (exact) mass is 319 g/mol. The van der Waals surface area contributed by atoms with Gasteiger partial charge >= 0.3 is 0 Å². The van der Waals surface area contributed by atoms with Gasteiger partial charge in [0.15, 0.2) is 11.6 Å². The Kier molecular flexibility index (Phi) is 6.38. The molecule has 2 aromatic carbocycles. The molecule has 0 heterocycles. The van der Waals surface area contributed by atoms with Crippen molar-refractivity contribution in [2.24, 2.45) is 0 Å². The lowest BCUT2D eigenvalue weighted by Crippen LogP contribution is -2.08. The third kappa shape index (κ3) is 4.94. The van der Waals surface area contributed by atoms with E-state index >= 15 is 0 Å². The van der Waals surface area contributed by atoms with Crippen LogP contribution in [-0.2, 0) is 11.3 Å². The third-order valence-corrected chi connectivity index (χ3v) is 3.49. The van der Waals surface area contributed by atoms with E-state index in [1.54, 1.807) is 19.2 Å². The molecule has 0 radical (unpaired) electrons. The van der Waals surface area contributed by atoms with Crippen molar-refractivity contribution < 1.29 is 19.0 Å². The Morgan fingerprint density at radius 3 is 2.70 bits per heavy atom. The highest BCUT2D eigenvalue weighted by molar-refractivity contribution is 5.49. The molecule has 23 heavy (non-hydrogen) atoms. The summed E-state index contributed by atoms with van der Waals surface area (Å²) in [7, 11) is 1.57. The van der Waals surface area contributed by atoms with Gasteiger partial charge in [-0.1, -0.05) is 24.3 Å². The van der Waals surface area contributed by atoms with Crippen molar-refractivity contribution in [3.05, 3.63) is 59.4 Å². The molecule has 0 aliphatic heterocycles. The molecule has 0 aliphatic rings. The fourth-order valence-corrected chi connectivity index (χ4v) is 2.24. The van der Waals surface area contributed by atoms with Gasteiger partial charge in [0, 0.05) is 24.9 Å². The lowest BCUT2D eigenvalue weighted by molar-refractivity contribution is 0.144. The van der Waals surface area contributed by atoms with Crippen LogP contribution in [0.4, 0.5) is 10.1 Å². The van der Waals surface area contributed by atoms with Crippen molar-refractivity contribution in [3.63, 3.8) is 0 Å². The molecule has 2 aromatic rings. The van der Waals surface area contributed by atoms with E-state index in [1.165, 1.54) is 6.07 Å². The zero-order valence-electron chi connectivity index (χ0n) is 13.4. The number of rotatable bonds is 8. The summed E-state index contributed by atoms with van der Waals surface area (Å²) in [5.74, 6) is -0.204. The quantitative estimate of drug-likeness (QED) is 0.731. The van der Waals surface area contributed by atoms with Crippen LogP contribution in [0.15, 0.2) is 42.5 Å². The number of aliphatic hydroxyl groups is 1. The van der Waals surface area contributed by atoms with Gasteiger partial charge < -0.3 is 19.9 Å². The Balaban J connectivity index is 2.03. The van der Waals surface area contributed by atoms with E-state index in [2.05, 4.69) is 5.32 Å². The summed E-state index contributed by atoms with van der Waals surface area (Å²) >= 11 is 0. The van der Waals surface area contributed by atoms with Crippen molar-refractivity contribution in [1.82, 2.24) is 0 Å². The van der Waals surface area contributed by atoms with Gasteiger partial charge in [0.25, 0.3) is 0 Å². The van der Waals surface area contributed by atoms with Crippen LogP contribution in [0.1, 0.15) is 24.1 Å². The molecule has 2 rings (SSSR count). The number of hydrogen-bond acceptors (Lipinski definition) is 4. The second-order valence-electron chi connectivity index (χ2n) is 5.26.